The number of nitrogens with one attached hydrogen (secondary N) is 1. The van der Waals surface area contributed by atoms with E-state index in [0.29, 0.717) is 6.54 Å². The smallest absolute Gasteiger partial charge is 0.223 e. The van der Waals surface area contributed by atoms with Crippen LogP contribution in [0.5, 0.6) is 0 Å². The molecular weight excluding hydrogens is 228 g/mol. The van der Waals surface area contributed by atoms with Crippen molar-refractivity contribution in [1.82, 2.24) is 10.2 Å². The summed E-state index contributed by atoms with van der Waals surface area (Å²) < 4.78 is 22.7. The molecule has 1 aliphatic rings. The van der Waals surface area contributed by atoms with Crippen LogP contribution in [-0.2, 0) is 14.6 Å². The van der Waals surface area contributed by atoms with Crippen molar-refractivity contribution >= 4 is 15.7 Å². The summed E-state index contributed by atoms with van der Waals surface area (Å²) in [6.45, 7) is 3.18. The largest absolute Gasteiger partial charge is 0.346 e. The molecule has 16 heavy (non-hydrogen) atoms. The Hall–Kier alpha value is -0.620. The van der Waals surface area contributed by atoms with Crippen LogP contribution >= 0.6 is 0 Å². The summed E-state index contributed by atoms with van der Waals surface area (Å²) in [6.07, 6.45) is 1.19. The zero-order valence-corrected chi connectivity index (χ0v) is 10.7. The second-order valence-electron chi connectivity index (χ2n) is 4.28. The Bertz CT molecular complexity index is 340. The molecule has 1 atom stereocenters. The van der Waals surface area contributed by atoms with Gasteiger partial charge in [-0.25, -0.2) is 8.42 Å². The van der Waals surface area contributed by atoms with Gasteiger partial charge in [-0.15, -0.1) is 0 Å². The van der Waals surface area contributed by atoms with Crippen LogP contribution in [0.3, 0.4) is 0 Å². The molecule has 1 saturated heterocycles. The lowest BCUT2D eigenvalue weighted by molar-refractivity contribution is -0.130. The molecule has 0 aromatic rings. The molecule has 0 aromatic heterocycles. The van der Waals surface area contributed by atoms with E-state index in [2.05, 4.69) is 5.32 Å². The molecule has 0 aromatic carbocycles. The Morgan fingerprint density at radius 3 is 2.75 bits per heavy atom. The topological polar surface area (TPSA) is 66.5 Å². The van der Waals surface area contributed by atoms with Gasteiger partial charge in [0.25, 0.3) is 0 Å². The summed E-state index contributed by atoms with van der Waals surface area (Å²) in [7, 11) is -1.20. The molecule has 6 heteroatoms. The van der Waals surface area contributed by atoms with E-state index in [9.17, 15) is 13.2 Å². The molecule has 5 nitrogen and oxygen atoms in total. The van der Waals surface area contributed by atoms with Crippen molar-refractivity contribution < 1.29 is 13.2 Å². The SMILES string of the molecule is CCCN(C)C(=O)CC1CS(=O)(=O)CCN1. The standard InChI is InChI=1S/C10H20N2O3S/c1-3-5-12(2)10(13)7-9-8-16(14,15)6-4-11-9/h9,11H,3-8H2,1-2H3. The van der Waals surface area contributed by atoms with Gasteiger partial charge in [0.1, 0.15) is 0 Å². The Morgan fingerprint density at radius 1 is 1.50 bits per heavy atom. The number of hydrogen-bond donors (Lipinski definition) is 1. The first kappa shape index (κ1) is 13.4. The first-order chi connectivity index (χ1) is 7.44. The lowest BCUT2D eigenvalue weighted by Gasteiger charge is -2.25. The van der Waals surface area contributed by atoms with Gasteiger partial charge in [0.2, 0.25) is 5.91 Å². The second kappa shape index (κ2) is 5.63. The molecule has 1 fully saturated rings. The number of nitrogens with zero attached hydrogens (tertiary/aromatic N) is 1. The van der Waals surface area contributed by atoms with Crippen molar-refractivity contribution in [3.05, 3.63) is 0 Å². The molecular formula is C10H20N2O3S. The third-order valence-corrected chi connectivity index (χ3v) is 4.44. The van der Waals surface area contributed by atoms with Crippen LogP contribution in [0.4, 0.5) is 0 Å². The Morgan fingerprint density at radius 2 is 2.19 bits per heavy atom. The number of sulfone groups is 1. The first-order valence-electron chi connectivity index (χ1n) is 5.62. The van der Waals surface area contributed by atoms with E-state index in [1.54, 1.807) is 11.9 Å². The minimum atomic E-state index is -2.95. The number of carbonyl (C=O) groups is 1. The van der Waals surface area contributed by atoms with Crippen molar-refractivity contribution in [2.45, 2.75) is 25.8 Å². The molecule has 1 rings (SSSR count). The number of hydrogen-bond acceptors (Lipinski definition) is 4. The predicted octanol–water partition coefficient (Wildman–Crippen LogP) is -0.368. The van der Waals surface area contributed by atoms with Gasteiger partial charge in [0, 0.05) is 32.6 Å². The van der Waals surface area contributed by atoms with E-state index < -0.39 is 9.84 Å². The molecule has 1 heterocycles. The summed E-state index contributed by atoms with van der Waals surface area (Å²) in [5.74, 6) is 0.276. The molecule has 0 saturated carbocycles. The average Bonchev–Trinajstić information content (AvgIpc) is 2.16. The van der Waals surface area contributed by atoms with Gasteiger partial charge in [-0.3, -0.25) is 4.79 Å². The molecule has 0 radical (unpaired) electrons. The fourth-order valence-electron chi connectivity index (χ4n) is 1.83. The maximum atomic E-state index is 11.7. The van der Waals surface area contributed by atoms with E-state index in [0.717, 1.165) is 13.0 Å². The number of carbonyl (C=O) groups excluding carboxylic acids is 1. The van der Waals surface area contributed by atoms with Crippen LogP contribution in [-0.4, -0.2) is 56.9 Å². The van der Waals surface area contributed by atoms with E-state index >= 15 is 0 Å². The van der Waals surface area contributed by atoms with E-state index in [4.69, 9.17) is 0 Å². The van der Waals surface area contributed by atoms with Crippen molar-refractivity contribution in [3.8, 4) is 0 Å². The fourth-order valence-corrected chi connectivity index (χ4v) is 3.27. The maximum absolute atomic E-state index is 11.7. The van der Waals surface area contributed by atoms with Gasteiger partial charge in [0.05, 0.1) is 11.5 Å². The van der Waals surface area contributed by atoms with Crippen molar-refractivity contribution in [2.24, 2.45) is 0 Å². The zero-order chi connectivity index (χ0) is 12.2. The quantitative estimate of drug-likeness (QED) is 0.737. The lowest BCUT2D eigenvalue weighted by atomic mass is 10.2. The van der Waals surface area contributed by atoms with Gasteiger partial charge in [0.15, 0.2) is 9.84 Å². The van der Waals surface area contributed by atoms with Gasteiger partial charge in [-0.1, -0.05) is 6.92 Å². The van der Waals surface area contributed by atoms with Gasteiger partial charge >= 0.3 is 0 Å². The lowest BCUT2D eigenvalue weighted by Crippen LogP contribution is -2.47. The van der Waals surface area contributed by atoms with Crippen molar-refractivity contribution in [1.29, 1.82) is 0 Å². The zero-order valence-electron chi connectivity index (χ0n) is 9.90. The maximum Gasteiger partial charge on any atom is 0.223 e. The highest BCUT2D eigenvalue weighted by molar-refractivity contribution is 7.91. The Balaban J connectivity index is 2.45. The summed E-state index contributed by atoms with van der Waals surface area (Å²) in [5, 5.41) is 3.08. The predicted molar refractivity (Wildman–Crippen MR) is 63.0 cm³/mol. The van der Waals surface area contributed by atoms with Crippen LogP contribution in [0.25, 0.3) is 0 Å². The normalized spacial score (nSPS) is 24.0. The van der Waals surface area contributed by atoms with Crippen LogP contribution in [0.15, 0.2) is 0 Å². The van der Waals surface area contributed by atoms with Crippen LogP contribution in [0, 0.1) is 0 Å². The molecule has 94 valence electrons. The monoisotopic (exact) mass is 248 g/mol. The summed E-state index contributed by atoms with van der Waals surface area (Å²) in [4.78, 5) is 13.4. The highest BCUT2D eigenvalue weighted by Gasteiger charge is 2.26. The molecule has 0 bridgehead atoms. The Labute approximate surface area is 97.1 Å². The molecule has 0 aliphatic carbocycles. The molecule has 0 spiro atoms. The van der Waals surface area contributed by atoms with Crippen LogP contribution in [0.1, 0.15) is 19.8 Å². The summed E-state index contributed by atoms with van der Waals surface area (Å²) in [6, 6.07) is -0.217. The highest BCUT2D eigenvalue weighted by Crippen LogP contribution is 2.06. The molecule has 1 unspecified atom stereocenters. The first-order valence-corrected chi connectivity index (χ1v) is 7.44. The number of amides is 1. The van der Waals surface area contributed by atoms with Crippen LogP contribution < -0.4 is 5.32 Å². The van der Waals surface area contributed by atoms with E-state index in [1.165, 1.54) is 0 Å². The van der Waals surface area contributed by atoms with Gasteiger partial charge in [-0.05, 0) is 6.42 Å². The average molecular weight is 248 g/mol. The van der Waals surface area contributed by atoms with Crippen molar-refractivity contribution in [2.75, 3.05) is 31.6 Å². The van der Waals surface area contributed by atoms with E-state index in [1.807, 2.05) is 6.92 Å². The Kier molecular flexibility index (Phi) is 4.73. The summed E-state index contributed by atoms with van der Waals surface area (Å²) >= 11 is 0. The minimum absolute atomic E-state index is 0.0106. The second-order valence-corrected chi connectivity index (χ2v) is 6.51. The molecule has 1 aliphatic heterocycles. The fraction of sp³-hybridized carbons (Fsp3) is 0.900. The minimum Gasteiger partial charge on any atom is -0.346 e. The number of rotatable bonds is 4. The molecule has 1 N–H and O–H groups in total. The summed E-state index contributed by atoms with van der Waals surface area (Å²) in [5.41, 5.74) is 0. The molecule has 1 amide bonds. The van der Waals surface area contributed by atoms with Crippen LogP contribution in [0.2, 0.25) is 0 Å². The third kappa shape index (κ3) is 4.09. The van der Waals surface area contributed by atoms with E-state index in [-0.39, 0.29) is 29.9 Å². The third-order valence-electron chi connectivity index (χ3n) is 2.71. The highest BCUT2D eigenvalue weighted by atomic mass is 32.2. The van der Waals surface area contributed by atoms with Gasteiger partial charge in [-0.2, -0.15) is 0 Å². The van der Waals surface area contributed by atoms with Gasteiger partial charge < -0.3 is 10.2 Å². The van der Waals surface area contributed by atoms with Crippen molar-refractivity contribution in [3.63, 3.8) is 0 Å².